The molecule has 1 saturated heterocycles. The van der Waals surface area contributed by atoms with Gasteiger partial charge >= 0.3 is 0 Å². The van der Waals surface area contributed by atoms with Crippen LogP contribution in [-0.4, -0.2) is 91.1 Å². The summed E-state index contributed by atoms with van der Waals surface area (Å²) in [7, 11) is 3.97. The van der Waals surface area contributed by atoms with Crippen molar-refractivity contribution >= 4 is 27.8 Å². The quantitative estimate of drug-likeness (QED) is 0.194. The third-order valence-corrected chi connectivity index (χ3v) is 7.89. The van der Waals surface area contributed by atoms with E-state index in [9.17, 15) is 13.2 Å². The minimum atomic E-state index is -2.64. The fourth-order valence-corrected chi connectivity index (χ4v) is 5.69. The molecule has 0 spiro atoms. The van der Waals surface area contributed by atoms with Crippen molar-refractivity contribution in [2.75, 3.05) is 45.6 Å². The number of hydrogen-bond donors (Lipinski definition) is 3. The van der Waals surface area contributed by atoms with Crippen molar-refractivity contribution in [1.82, 2.24) is 44.9 Å². The van der Waals surface area contributed by atoms with Gasteiger partial charge in [-0.1, -0.05) is 0 Å². The minimum absolute atomic E-state index is 0.124. The Morgan fingerprint density at radius 2 is 1.89 bits per heavy atom. The predicted octanol–water partition coefficient (Wildman–Crippen LogP) is 5.58. The number of nitrogens with one attached hydrogen (secondary N) is 3. The van der Waals surface area contributed by atoms with Crippen LogP contribution in [0, 0.1) is 5.82 Å². The van der Waals surface area contributed by atoms with Gasteiger partial charge in [0.15, 0.2) is 11.5 Å². The Hall–Kier alpha value is -4.88. The molecule has 1 aromatic carbocycles. The molecular weight excluding hydrogens is 581 g/mol. The number of likely N-dealkylation sites (tertiary alicyclic amines) is 1. The van der Waals surface area contributed by atoms with E-state index in [-0.39, 0.29) is 18.8 Å². The third-order valence-electron chi connectivity index (χ3n) is 7.89. The van der Waals surface area contributed by atoms with Crippen molar-refractivity contribution in [3.8, 4) is 33.9 Å². The molecule has 5 aromatic heterocycles. The van der Waals surface area contributed by atoms with Crippen LogP contribution < -0.4 is 5.32 Å². The van der Waals surface area contributed by atoms with Crippen molar-refractivity contribution < 1.29 is 13.2 Å². The molecule has 7 rings (SSSR count). The highest BCUT2D eigenvalue weighted by molar-refractivity contribution is 5.96. The van der Waals surface area contributed by atoms with Gasteiger partial charge in [0, 0.05) is 79.8 Å². The molecule has 0 aliphatic carbocycles. The van der Waals surface area contributed by atoms with Crippen LogP contribution in [0.3, 0.4) is 0 Å². The number of alkyl halides is 2. The van der Waals surface area contributed by atoms with Gasteiger partial charge in [0.05, 0.1) is 23.1 Å². The summed E-state index contributed by atoms with van der Waals surface area (Å²) in [6, 6.07) is 10.5. The molecular formula is C32H31F3N10. The van der Waals surface area contributed by atoms with E-state index in [0.29, 0.717) is 59.3 Å². The van der Waals surface area contributed by atoms with Crippen LogP contribution in [0.1, 0.15) is 12.0 Å². The standard InChI is InChI=1S/C32H31F3N10/c1-44(2)8-6-37-24-11-20(10-23(33)13-24)27-29-26(3-5-38-27)40-31(41-29)28-25-12-22(16-39-30(25)43-42-28)21-9-19(14-36-15-21)17-45-7-4-32(34,35)18-45/h3,5,9-16,37H,4,6-8,17-18H2,1-2H3,(H,40,41)(H,39,42,43). The van der Waals surface area contributed by atoms with E-state index in [1.165, 1.54) is 12.1 Å². The number of halogens is 3. The first-order chi connectivity index (χ1) is 21.7. The molecule has 45 heavy (non-hydrogen) atoms. The Morgan fingerprint density at radius 1 is 1.02 bits per heavy atom. The fourth-order valence-electron chi connectivity index (χ4n) is 5.69. The Bertz CT molecular complexity index is 2000. The van der Waals surface area contributed by atoms with Crippen LogP contribution in [0.4, 0.5) is 18.9 Å². The van der Waals surface area contributed by atoms with Gasteiger partial charge in [0.2, 0.25) is 0 Å². The highest BCUT2D eigenvalue weighted by atomic mass is 19.3. The van der Waals surface area contributed by atoms with Crippen molar-refractivity contribution in [1.29, 1.82) is 0 Å². The van der Waals surface area contributed by atoms with E-state index >= 15 is 0 Å². The lowest BCUT2D eigenvalue weighted by atomic mass is 10.1. The summed E-state index contributed by atoms with van der Waals surface area (Å²) in [5, 5.41) is 11.4. The van der Waals surface area contributed by atoms with Crippen LogP contribution in [0.5, 0.6) is 0 Å². The average Bonchev–Trinajstić information content (AvgIpc) is 3.72. The first kappa shape index (κ1) is 28.9. The molecule has 1 aliphatic heterocycles. The maximum absolute atomic E-state index is 14.7. The van der Waals surface area contributed by atoms with Crippen molar-refractivity contribution in [3.05, 3.63) is 72.6 Å². The molecule has 1 aliphatic rings. The van der Waals surface area contributed by atoms with Gasteiger partial charge in [-0.25, -0.2) is 23.1 Å². The maximum Gasteiger partial charge on any atom is 0.261 e. The largest absolute Gasteiger partial charge is 0.384 e. The van der Waals surface area contributed by atoms with E-state index in [4.69, 9.17) is 4.98 Å². The maximum atomic E-state index is 14.7. The Kier molecular flexibility index (Phi) is 7.42. The summed E-state index contributed by atoms with van der Waals surface area (Å²) < 4.78 is 42.1. The topological polar surface area (TPSA) is 115 Å². The second-order valence-corrected chi connectivity index (χ2v) is 11.7. The smallest absolute Gasteiger partial charge is 0.261 e. The molecule has 0 saturated carbocycles. The highest BCUT2D eigenvalue weighted by Gasteiger charge is 2.37. The average molecular weight is 613 g/mol. The number of rotatable bonds is 9. The SMILES string of the molecule is CN(C)CCNc1cc(F)cc(-c2nccc3[nH]c(-c4[nH]nc5ncc(-c6cncc(CN7CCC(F)(F)C7)c6)cc45)nc23)c1. The molecule has 3 N–H and O–H groups in total. The second-order valence-electron chi connectivity index (χ2n) is 11.7. The predicted molar refractivity (Wildman–Crippen MR) is 167 cm³/mol. The molecule has 0 bridgehead atoms. The molecule has 0 radical (unpaired) electrons. The Morgan fingerprint density at radius 3 is 2.71 bits per heavy atom. The van der Waals surface area contributed by atoms with Gasteiger partial charge in [-0.15, -0.1) is 0 Å². The summed E-state index contributed by atoms with van der Waals surface area (Å²) in [6.07, 6.45) is 6.69. The Balaban J connectivity index is 1.20. The van der Waals surface area contributed by atoms with Gasteiger partial charge in [-0.3, -0.25) is 20.0 Å². The number of fused-ring (bicyclic) bond motifs is 2. The van der Waals surface area contributed by atoms with Crippen LogP contribution in [0.2, 0.25) is 0 Å². The zero-order chi connectivity index (χ0) is 31.1. The lowest BCUT2D eigenvalue weighted by Gasteiger charge is -2.15. The number of nitrogens with zero attached hydrogens (tertiary/aromatic N) is 7. The highest BCUT2D eigenvalue weighted by Crippen LogP contribution is 2.33. The molecule has 1 fully saturated rings. The van der Waals surface area contributed by atoms with Gasteiger partial charge < -0.3 is 15.2 Å². The zero-order valence-corrected chi connectivity index (χ0v) is 24.8. The molecule has 6 heterocycles. The number of H-pyrrole nitrogens is 2. The summed E-state index contributed by atoms with van der Waals surface area (Å²) in [5.74, 6) is -2.48. The number of likely N-dealkylation sites (N-methyl/N-ethyl adjacent to an activating group) is 1. The number of aromatic nitrogens is 7. The molecule has 230 valence electrons. The zero-order valence-electron chi connectivity index (χ0n) is 24.8. The summed E-state index contributed by atoms with van der Waals surface area (Å²) in [5.41, 5.74) is 6.76. The van der Waals surface area contributed by atoms with E-state index in [1.54, 1.807) is 29.7 Å². The van der Waals surface area contributed by atoms with E-state index < -0.39 is 5.92 Å². The van der Waals surface area contributed by atoms with E-state index in [2.05, 4.69) is 35.5 Å². The fraction of sp³-hybridized carbons (Fsp3) is 0.281. The number of imidazole rings is 1. The van der Waals surface area contributed by atoms with Crippen LogP contribution in [0.25, 0.3) is 56.0 Å². The number of anilines is 1. The van der Waals surface area contributed by atoms with Gasteiger partial charge in [-0.05, 0) is 56.1 Å². The van der Waals surface area contributed by atoms with Crippen molar-refractivity contribution in [2.45, 2.75) is 18.9 Å². The van der Waals surface area contributed by atoms with E-state index in [0.717, 1.165) is 34.1 Å². The number of hydrogen-bond acceptors (Lipinski definition) is 8. The van der Waals surface area contributed by atoms with Gasteiger partial charge in [0.25, 0.3) is 5.92 Å². The minimum Gasteiger partial charge on any atom is -0.384 e. The molecule has 10 nitrogen and oxygen atoms in total. The van der Waals surface area contributed by atoms with Crippen LogP contribution in [-0.2, 0) is 6.54 Å². The number of benzene rings is 1. The lowest BCUT2D eigenvalue weighted by Crippen LogP contribution is -2.24. The van der Waals surface area contributed by atoms with Crippen molar-refractivity contribution in [2.24, 2.45) is 0 Å². The van der Waals surface area contributed by atoms with Gasteiger partial charge in [0.1, 0.15) is 17.0 Å². The van der Waals surface area contributed by atoms with Crippen LogP contribution in [0.15, 0.2) is 61.2 Å². The van der Waals surface area contributed by atoms with E-state index in [1.807, 2.05) is 43.3 Å². The van der Waals surface area contributed by atoms with Crippen LogP contribution >= 0.6 is 0 Å². The molecule has 6 aromatic rings. The molecule has 0 amide bonds. The van der Waals surface area contributed by atoms with Crippen molar-refractivity contribution in [3.63, 3.8) is 0 Å². The lowest BCUT2D eigenvalue weighted by molar-refractivity contribution is 0.0115. The third kappa shape index (κ3) is 6.08. The number of aromatic amines is 2. The molecule has 0 atom stereocenters. The summed E-state index contributed by atoms with van der Waals surface area (Å²) >= 11 is 0. The normalized spacial score (nSPS) is 15.1. The Labute approximate surface area is 256 Å². The monoisotopic (exact) mass is 612 g/mol. The molecule has 0 unspecified atom stereocenters. The molecule has 13 heteroatoms. The van der Waals surface area contributed by atoms with Gasteiger partial charge in [-0.2, -0.15) is 5.10 Å². The second kappa shape index (κ2) is 11.6. The summed E-state index contributed by atoms with van der Waals surface area (Å²) in [4.78, 5) is 25.5. The summed E-state index contributed by atoms with van der Waals surface area (Å²) in [6.45, 7) is 1.98. The first-order valence-electron chi connectivity index (χ1n) is 14.6. The number of pyridine rings is 3. The first-order valence-corrected chi connectivity index (χ1v) is 14.6.